The van der Waals surface area contributed by atoms with Crippen molar-refractivity contribution in [3.8, 4) is 0 Å². The number of hydrogen-bond acceptors (Lipinski definition) is 11. The summed E-state index contributed by atoms with van der Waals surface area (Å²) in [5, 5.41) is 7.78. The first-order valence-corrected chi connectivity index (χ1v) is 48.2. The predicted molar refractivity (Wildman–Crippen MR) is 555 cm³/mol. The van der Waals surface area contributed by atoms with E-state index in [1.807, 2.05) is 237 Å². The number of nitrogens with zero attached hydrogens (tertiary/aromatic N) is 11. The van der Waals surface area contributed by atoms with Crippen molar-refractivity contribution in [3.05, 3.63) is 353 Å². The summed E-state index contributed by atoms with van der Waals surface area (Å²) < 4.78 is 0. The van der Waals surface area contributed by atoms with Gasteiger partial charge < -0.3 is 78.8 Å². The van der Waals surface area contributed by atoms with E-state index in [1.54, 1.807) is 80.5 Å². The number of hydrogen-bond donors (Lipinski definition) is 5. The highest BCUT2D eigenvalue weighted by molar-refractivity contribution is 6.33. The molecule has 716 valence electrons. The van der Waals surface area contributed by atoms with Crippen LogP contribution in [0.3, 0.4) is 0 Å². The Morgan fingerprint density at radius 1 is 0.266 bits per heavy atom. The van der Waals surface area contributed by atoms with Crippen LogP contribution in [0, 0.1) is 13.8 Å². The van der Waals surface area contributed by atoms with E-state index in [2.05, 4.69) is 50.2 Å². The smallest absolute Gasteiger partial charge is 0.270 e. The topological polar surface area (TPSA) is 285 Å². The molecule has 5 fully saturated rings. The van der Waals surface area contributed by atoms with Crippen molar-refractivity contribution in [1.29, 1.82) is 0 Å². The Morgan fingerprint density at radius 3 is 0.669 bits per heavy atom. The fourth-order valence-electron chi connectivity index (χ4n) is 17.6. The number of aryl methyl sites for hydroxylation is 2. The third-order valence-electron chi connectivity index (χ3n) is 25.6. The molecule has 0 spiro atoms. The Bertz CT molecular complexity index is 6890. The third kappa shape index (κ3) is 23.5. The van der Waals surface area contributed by atoms with E-state index in [1.165, 1.54) is 0 Å². The van der Waals surface area contributed by atoms with Crippen LogP contribution in [-0.4, -0.2) is 277 Å². The quantitative estimate of drug-likeness (QED) is 0.0682. The van der Waals surface area contributed by atoms with Crippen LogP contribution in [0.4, 0.5) is 5.69 Å². The molecule has 5 aromatic heterocycles. The van der Waals surface area contributed by atoms with Crippen molar-refractivity contribution in [3.63, 3.8) is 0 Å². The molecule has 0 bridgehead atoms. The second-order valence-electron chi connectivity index (χ2n) is 34.6. The van der Waals surface area contributed by atoms with Gasteiger partial charge in [0.1, 0.15) is 28.5 Å². The van der Waals surface area contributed by atoms with Gasteiger partial charge in [-0.25, -0.2) is 0 Å². The Kier molecular flexibility index (Phi) is 31.2. The number of benzene rings is 10. The van der Waals surface area contributed by atoms with Crippen molar-refractivity contribution in [2.75, 3.05) is 149 Å². The molecular weight excluding hydrogens is 1860 g/mol. The van der Waals surface area contributed by atoms with Crippen LogP contribution in [0.5, 0.6) is 0 Å². The molecule has 31 heteroatoms. The minimum absolute atomic E-state index is 0. The number of halogens is 5. The summed E-state index contributed by atoms with van der Waals surface area (Å²) in [5.41, 5.74) is 14.9. The van der Waals surface area contributed by atoms with Gasteiger partial charge in [-0.05, 0) is 227 Å². The number of nitrogens with one attached hydrogen (secondary N) is 5. The number of carbonyl (C=O) groups excluding carboxylic acids is 10. The lowest BCUT2D eigenvalue weighted by atomic mass is 10.1. The van der Waals surface area contributed by atoms with E-state index in [9.17, 15) is 47.9 Å². The van der Waals surface area contributed by atoms with Crippen molar-refractivity contribution < 1.29 is 50.8 Å². The Morgan fingerprint density at radius 2 is 0.460 bits per heavy atom. The molecule has 5 aliphatic rings. The lowest BCUT2D eigenvalue weighted by Crippen LogP contribution is -2.50. The Hall–Kier alpha value is -14.4. The molecule has 20 rings (SSSR count). The molecule has 5 saturated heterocycles. The molecule has 139 heavy (non-hydrogen) atoms. The van der Waals surface area contributed by atoms with Gasteiger partial charge in [0.25, 0.3) is 59.1 Å². The maximum atomic E-state index is 12.9. The summed E-state index contributed by atoms with van der Waals surface area (Å²) in [6.07, 6.45) is 1.75. The largest absolute Gasteiger partial charge is 0.372 e. The standard InChI is InChI=1S/C24H27ClN4O2.C22H20ClN3O2.2C21H20ClN3O2.C20H18ClN3O2.2H2/c1-3-27(4-2)20-8-5-17(6-9-20)23(30)28-11-13-29(14-12-28)24(31)22-16-18-15-19(25)7-10-21(18)26-22;1-2-15-3-5-16(6-4-15)21(27)25-9-11-26(12-10-25)22(28)20-14-17-13-18(23)7-8-19(17)24-20;2*1-14-2-4-15(5-3-14)20(26)24-8-10-25(11-9-24)21(27)19-13-16-12-17(22)6-7-18(16)23-19;21-16-6-7-17-15(12-16)13-18(22-17)20(26)24-10-8-23(9-11-24)19(25)14-4-2-1-3-5-14;;/h5-10,15-16,26H,3-4,11-14H2,1-2H3;2-8,13-14,24H,1,9-12H2;2*2-7,12-13,23H,8-11H2,1H3;1-7,12-13,22H,8-11H2;2*1H. The summed E-state index contributed by atoms with van der Waals surface area (Å²) >= 11 is 30.1. The second kappa shape index (κ2) is 44.4. The Labute approximate surface area is 832 Å². The average molecular weight is 1970 g/mol. The predicted octanol–water partition coefficient (Wildman–Crippen LogP) is 19.7. The summed E-state index contributed by atoms with van der Waals surface area (Å²) in [5.74, 6) is -0.222. The summed E-state index contributed by atoms with van der Waals surface area (Å²) in [6, 6.07) is 76.2. The molecule has 10 amide bonds. The summed E-state index contributed by atoms with van der Waals surface area (Å²) in [6.45, 7) is 24.2. The van der Waals surface area contributed by atoms with Crippen LogP contribution in [0.25, 0.3) is 60.6 Å². The first-order chi connectivity index (χ1) is 67.2. The lowest BCUT2D eigenvalue weighted by molar-refractivity contribution is 0.0533. The molecule has 0 radical (unpaired) electrons. The number of anilines is 1. The van der Waals surface area contributed by atoms with Crippen molar-refractivity contribution in [2.45, 2.75) is 27.7 Å². The first-order valence-electron chi connectivity index (χ1n) is 46.3. The van der Waals surface area contributed by atoms with Crippen LogP contribution in [0.15, 0.2) is 255 Å². The molecule has 10 aromatic carbocycles. The van der Waals surface area contributed by atoms with E-state index < -0.39 is 0 Å². The minimum Gasteiger partial charge on any atom is -0.372 e. The lowest BCUT2D eigenvalue weighted by Gasteiger charge is -2.34. The number of piperazine rings is 5. The zero-order valence-corrected chi connectivity index (χ0v) is 81.2. The third-order valence-corrected chi connectivity index (χ3v) is 26.8. The fraction of sp³-hybridized carbons (Fsp3) is 0.241. The van der Waals surface area contributed by atoms with Gasteiger partial charge >= 0.3 is 0 Å². The normalized spacial score (nSPS) is 14.5. The van der Waals surface area contributed by atoms with Gasteiger partial charge in [0.2, 0.25) is 0 Å². The van der Waals surface area contributed by atoms with Gasteiger partial charge in [0.05, 0.1) is 0 Å². The number of carbonyl (C=O) groups is 10. The van der Waals surface area contributed by atoms with Crippen molar-refractivity contribution in [1.82, 2.24) is 73.9 Å². The number of H-pyrrole nitrogens is 5. The van der Waals surface area contributed by atoms with Crippen molar-refractivity contribution >= 4 is 183 Å². The molecule has 26 nitrogen and oxygen atoms in total. The maximum Gasteiger partial charge on any atom is 0.270 e. The van der Waals surface area contributed by atoms with E-state index in [-0.39, 0.29) is 61.9 Å². The second-order valence-corrected chi connectivity index (χ2v) is 36.8. The molecule has 10 heterocycles. The van der Waals surface area contributed by atoms with Gasteiger partial charge in [0.15, 0.2) is 0 Å². The zero-order valence-electron chi connectivity index (χ0n) is 77.4. The molecule has 0 atom stereocenters. The van der Waals surface area contributed by atoms with Crippen molar-refractivity contribution in [2.24, 2.45) is 0 Å². The van der Waals surface area contributed by atoms with Crippen LogP contribution in [-0.2, 0) is 0 Å². The molecule has 15 aromatic rings. The van der Waals surface area contributed by atoms with Crippen LogP contribution in [0.2, 0.25) is 25.1 Å². The summed E-state index contributed by atoms with van der Waals surface area (Å²) in [7, 11) is 0. The molecule has 5 N–H and O–H groups in total. The van der Waals surface area contributed by atoms with E-state index >= 15 is 0 Å². The highest BCUT2D eigenvalue weighted by Crippen LogP contribution is 2.30. The van der Waals surface area contributed by atoms with Crippen LogP contribution in [0.1, 0.15) is 138 Å². The number of aromatic nitrogens is 5. The molecule has 0 saturated carbocycles. The SMILES string of the molecule is C=Cc1ccc(C(=O)N2CCN(C(=O)c3cc4cc(Cl)ccc4[nH]3)CC2)cc1.CCN(CC)c1ccc(C(=O)N2CCN(C(=O)c3cc4cc(Cl)ccc4[nH]3)CC2)cc1.Cc1ccc(C(=O)N2CCN(C(=O)c3cc4cc(Cl)ccc4[nH]3)CC2)cc1.Cc1ccc(C(=O)N2CCN(C(=O)c3cc4cc(Cl)ccc4[nH]3)CC2)cc1.O=C(c1ccccc1)N1CCN(C(=O)c2cc3cc(Cl)ccc3[nH]2)CC1.[HH].[HH]. The number of fused-ring (bicyclic) bond motifs is 5. The maximum absolute atomic E-state index is 12.9. The number of rotatable bonds is 14. The zero-order chi connectivity index (χ0) is 97.7. The summed E-state index contributed by atoms with van der Waals surface area (Å²) in [4.78, 5) is 163. The van der Waals surface area contributed by atoms with E-state index in [0.29, 0.717) is 212 Å². The van der Waals surface area contributed by atoms with Gasteiger partial charge in [0, 0.05) is 260 Å². The number of amides is 10. The minimum atomic E-state index is -0.0604. The molecule has 0 aliphatic carbocycles. The van der Waals surface area contributed by atoms with Gasteiger partial charge in [-0.2, -0.15) is 0 Å². The van der Waals surface area contributed by atoms with Gasteiger partial charge in [-0.1, -0.05) is 136 Å². The average Bonchev–Trinajstić information content (AvgIpc) is 1.68. The molecule has 0 unspecified atom stereocenters. The molecule has 5 aliphatic heterocycles. The van der Waals surface area contributed by atoms with E-state index in [0.717, 1.165) is 90.0 Å². The van der Waals surface area contributed by atoms with Crippen LogP contribution >= 0.6 is 58.0 Å². The fourth-order valence-corrected chi connectivity index (χ4v) is 18.5. The molecular formula is C108H109Cl5N16O10. The van der Waals surface area contributed by atoms with Crippen LogP contribution < -0.4 is 4.90 Å². The van der Waals surface area contributed by atoms with E-state index in [4.69, 9.17) is 58.0 Å². The highest BCUT2D eigenvalue weighted by Gasteiger charge is 2.33. The van der Waals surface area contributed by atoms with Gasteiger partial charge in [-0.15, -0.1) is 0 Å². The first kappa shape index (κ1) is 97.7. The van der Waals surface area contributed by atoms with Gasteiger partial charge in [-0.3, -0.25) is 47.9 Å². The monoisotopic (exact) mass is 1960 g/mol. The number of aromatic amines is 5. The Balaban J connectivity index is 0.000000140. The highest BCUT2D eigenvalue weighted by atomic mass is 35.5.